The number of amides is 1. The van der Waals surface area contributed by atoms with Crippen molar-refractivity contribution in [3.8, 4) is 11.4 Å². The molecule has 1 N–H and O–H groups in total. The number of ether oxygens (including phenoxy) is 1. The molecule has 2 aromatic heterocycles. The number of thioether (sulfide) groups is 1. The molecular weight excluding hydrogens is 510 g/mol. The largest absolute Gasteiger partial charge is 0.379 e. The molecule has 1 aliphatic carbocycles. The van der Waals surface area contributed by atoms with Gasteiger partial charge in [-0.1, -0.05) is 24.3 Å². The molecule has 0 spiro atoms. The SMILES string of the molecule is CSC1CC=Cc2c1cc(-c1cc(C(=O)NCCN3CCOCC3)nn1C)n2S(=O)(=O)c1ccccc1. The number of nitrogens with zero attached hydrogens (tertiary/aromatic N) is 4. The molecule has 1 atom stereocenters. The summed E-state index contributed by atoms with van der Waals surface area (Å²) in [6, 6.07) is 12.0. The molecular formula is C26H31N5O4S2. The molecule has 0 saturated carbocycles. The summed E-state index contributed by atoms with van der Waals surface area (Å²) in [5.41, 5.74) is 2.89. The zero-order valence-electron chi connectivity index (χ0n) is 21.0. The number of nitrogens with one attached hydrogen (secondary N) is 1. The van der Waals surface area contributed by atoms with Gasteiger partial charge in [-0.3, -0.25) is 14.4 Å². The van der Waals surface area contributed by atoms with Crippen molar-refractivity contribution in [2.24, 2.45) is 7.05 Å². The van der Waals surface area contributed by atoms with Gasteiger partial charge in [0.25, 0.3) is 15.9 Å². The van der Waals surface area contributed by atoms with Crippen molar-refractivity contribution in [3.05, 3.63) is 65.5 Å². The number of carbonyl (C=O) groups is 1. The third-order valence-corrected chi connectivity index (χ3v) is 9.51. The van der Waals surface area contributed by atoms with Gasteiger partial charge in [-0.05, 0) is 48.6 Å². The Morgan fingerprint density at radius 3 is 2.65 bits per heavy atom. The van der Waals surface area contributed by atoms with E-state index in [1.807, 2.05) is 24.5 Å². The van der Waals surface area contributed by atoms with E-state index in [0.717, 1.165) is 31.6 Å². The summed E-state index contributed by atoms with van der Waals surface area (Å²) in [4.78, 5) is 15.4. The molecule has 37 heavy (non-hydrogen) atoms. The van der Waals surface area contributed by atoms with Crippen molar-refractivity contribution < 1.29 is 17.9 Å². The quantitative estimate of drug-likeness (QED) is 0.468. The zero-order chi connectivity index (χ0) is 26.0. The summed E-state index contributed by atoms with van der Waals surface area (Å²) < 4.78 is 36.1. The smallest absolute Gasteiger partial charge is 0.271 e. The predicted octanol–water partition coefficient (Wildman–Crippen LogP) is 3.01. The number of benzene rings is 1. The second kappa shape index (κ2) is 10.9. The minimum atomic E-state index is -3.90. The van der Waals surface area contributed by atoms with Crippen LogP contribution in [-0.4, -0.2) is 78.6 Å². The van der Waals surface area contributed by atoms with E-state index in [1.54, 1.807) is 59.9 Å². The molecule has 3 heterocycles. The molecule has 9 nitrogen and oxygen atoms in total. The summed E-state index contributed by atoms with van der Waals surface area (Å²) in [6.45, 7) is 4.36. The molecule has 2 aliphatic rings. The Hall–Kier alpha value is -2.86. The van der Waals surface area contributed by atoms with Crippen molar-refractivity contribution >= 4 is 33.8 Å². The molecule has 1 saturated heterocycles. The first-order valence-corrected chi connectivity index (χ1v) is 15.0. The first-order valence-electron chi connectivity index (χ1n) is 12.3. The van der Waals surface area contributed by atoms with Gasteiger partial charge in [0.2, 0.25) is 0 Å². The molecule has 1 aliphatic heterocycles. The molecule has 196 valence electrons. The molecule has 1 amide bonds. The first-order chi connectivity index (χ1) is 17.9. The standard InChI is InChI=1S/C26H31N5O4S2/c1-29-23(18-21(28-29)26(32)27-11-12-30-13-15-35-16-14-30)24-17-20-22(9-6-10-25(20)36-2)31(24)37(33,34)19-7-4-3-5-8-19/h3-9,17-18,25H,10-16H2,1-2H3,(H,27,32). The van der Waals surface area contributed by atoms with Crippen LogP contribution in [0.25, 0.3) is 17.5 Å². The number of allylic oxidation sites excluding steroid dienone is 1. The highest BCUT2D eigenvalue weighted by molar-refractivity contribution is 7.98. The van der Waals surface area contributed by atoms with Crippen molar-refractivity contribution in [3.63, 3.8) is 0 Å². The van der Waals surface area contributed by atoms with E-state index in [1.165, 1.54) is 3.97 Å². The minimum absolute atomic E-state index is 0.141. The summed E-state index contributed by atoms with van der Waals surface area (Å²) in [7, 11) is -2.17. The van der Waals surface area contributed by atoms with Crippen LogP contribution < -0.4 is 5.32 Å². The Bertz CT molecular complexity index is 1410. The van der Waals surface area contributed by atoms with Gasteiger partial charge in [0.05, 0.1) is 35.2 Å². The van der Waals surface area contributed by atoms with E-state index < -0.39 is 10.0 Å². The molecule has 5 rings (SSSR count). The van der Waals surface area contributed by atoms with Crippen LogP contribution in [0.3, 0.4) is 0 Å². The van der Waals surface area contributed by atoms with E-state index in [9.17, 15) is 13.2 Å². The third-order valence-electron chi connectivity index (χ3n) is 6.76. The maximum absolute atomic E-state index is 13.9. The Kier molecular flexibility index (Phi) is 7.57. The van der Waals surface area contributed by atoms with Crippen molar-refractivity contribution in [1.29, 1.82) is 0 Å². The lowest BCUT2D eigenvalue weighted by Crippen LogP contribution is -2.41. The number of hydrogen-bond donors (Lipinski definition) is 1. The lowest BCUT2D eigenvalue weighted by Gasteiger charge is -2.26. The van der Waals surface area contributed by atoms with Crippen LogP contribution in [0.4, 0.5) is 0 Å². The fourth-order valence-electron chi connectivity index (χ4n) is 4.80. The number of hydrogen-bond acceptors (Lipinski definition) is 7. The molecule has 0 bridgehead atoms. The molecule has 1 unspecified atom stereocenters. The summed E-state index contributed by atoms with van der Waals surface area (Å²) in [5.74, 6) is -0.286. The molecule has 11 heteroatoms. The van der Waals surface area contributed by atoms with Gasteiger partial charge in [0.1, 0.15) is 0 Å². The Morgan fingerprint density at radius 2 is 1.92 bits per heavy atom. The van der Waals surface area contributed by atoms with Crippen LogP contribution in [-0.2, 0) is 21.8 Å². The van der Waals surface area contributed by atoms with Crippen molar-refractivity contribution in [2.75, 3.05) is 45.6 Å². The van der Waals surface area contributed by atoms with Gasteiger partial charge in [-0.15, -0.1) is 0 Å². The fourth-order valence-corrected chi connectivity index (χ4v) is 7.09. The van der Waals surface area contributed by atoms with Gasteiger partial charge in [0, 0.05) is 38.5 Å². The minimum Gasteiger partial charge on any atom is -0.379 e. The summed E-state index contributed by atoms with van der Waals surface area (Å²) in [5, 5.41) is 7.51. The first kappa shape index (κ1) is 25.8. The highest BCUT2D eigenvalue weighted by atomic mass is 32.2. The van der Waals surface area contributed by atoms with Crippen LogP contribution in [0, 0.1) is 0 Å². The highest BCUT2D eigenvalue weighted by Gasteiger charge is 2.31. The molecule has 3 aromatic rings. The van der Waals surface area contributed by atoms with E-state index in [2.05, 4.69) is 15.3 Å². The van der Waals surface area contributed by atoms with Gasteiger partial charge in [-0.2, -0.15) is 16.9 Å². The van der Waals surface area contributed by atoms with Gasteiger partial charge >= 0.3 is 0 Å². The van der Waals surface area contributed by atoms with Gasteiger partial charge in [-0.25, -0.2) is 12.4 Å². The molecule has 1 fully saturated rings. The van der Waals surface area contributed by atoms with E-state index in [0.29, 0.717) is 36.8 Å². The molecule has 0 radical (unpaired) electrons. The second-order valence-electron chi connectivity index (χ2n) is 9.06. The molecule has 1 aromatic carbocycles. The topological polar surface area (TPSA) is 98.5 Å². The Labute approximate surface area is 221 Å². The van der Waals surface area contributed by atoms with Gasteiger partial charge < -0.3 is 10.1 Å². The van der Waals surface area contributed by atoms with Crippen molar-refractivity contribution in [1.82, 2.24) is 24.0 Å². The monoisotopic (exact) mass is 541 g/mol. The lowest BCUT2D eigenvalue weighted by atomic mass is 10.0. The number of aromatic nitrogens is 3. The average molecular weight is 542 g/mol. The van der Waals surface area contributed by atoms with Crippen LogP contribution in [0.5, 0.6) is 0 Å². The highest BCUT2D eigenvalue weighted by Crippen LogP contribution is 2.42. The van der Waals surface area contributed by atoms with Crippen molar-refractivity contribution in [2.45, 2.75) is 16.6 Å². The fraction of sp³-hybridized carbons (Fsp3) is 0.385. The number of rotatable bonds is 8. The zero-order valence-corrected chi connectivity index (χ0v) is 22.6. The Balaban J connectivity index is 1.49. The van der Waals surface area contributed by atoms with E-state index >= 15 is 0 Å². The van der Waals surface area contributed by atoms with Crippen LogP contribution in [0.15, 0.2) is 53.4 Å². The maximum atomic E-state index is 13.9. The maximum Gasteiger partial charge on any atom is 0.271 e. The van der Waals surface area contributed by atoms with Crippen LogP contribution in [0.2, 0.25) is 0 Å². The van der Waals surface area contributed by atoms with E-state index in [4.69, 9.17) is 4.74 Å². The van der Waals surface area contributed by atoms with Gasteiger partial charge in [0.15, 0.2) is 5.69 Å². The average Bonchev–Trinajstić information content (AvgIpc) is 3.50. The second-order valence-corrected chi connectivity index (χ2v) is 11.9. The van der Waals surface area contributed by atoms with E-state index in [-0.39, 0.29) is 21.7 Å². The number of carbonyl (C=O) groups excluding carboxylic acids is 1. The van der Waals surface area contributed by atoms with Crippen LogP contribution >= 0.6 is 11.8 Å². The predicted molar refractivity (Wildman–Crippen MR) is 145 cm³/mol. The van der Waals surface area contributed by atoms with Crippen LogP contribution in [0.1, 0.15) is 33.4 Å². The number of aryl methyl sites for hydroxylation is 1. The normalized spacial score (nSPS) is 18.1. The Morgan fingerprint density at radius 1 is 1.16 bits per heavy atom. The summed E-state index contributed by atoms with van der Waals surface area (Å²) in [6.07, 6.45) is 6.74. The summed E-state index contributed by atoms with van der Waals surface area (Å²) >= 11 is 1.69. The number of morpholine rings is 1. The third kappa shape index (κ3) is 5.13. The lowest BCUT2D eigenvalue weighted by molar-refractivity contribution is 0.0383. The number of fused-ring (bicyclic) bond motifs is 1.